The number of nitrogens with zero attached hydrogens (tertiary/aromatic N) is 2. The molecule has 4 nitrogen and oxygen atoms in total. The lowest BCUT2D eigenvalue weighted by molar-refractivity contribution is -0.137. The number of halogens is 5. The molecule has 1 aromatic carbocycles. The summed E-state index contributed by atoms with van der Waals surface area (Å²) in [7, 11) is 0. The van der Waals surface area contributed by atoms with E-state index >= 15 is 0 Å². The van der Waals surface area contributed by atoms with Gasteiger partial charge in [0.15, 0.2) is 0 Å². The van der Waals surface area contributed by atoms with E-state index in [9.17, 15) is 18.0 Å². The van der Waals surface area contributed by atoms with E-state index in [2.05, 4.69) is 0 Å². The SMILES string of the molecule is CC(N)CCC(=O)N1CCN(c2cccc(C(F)(F)F)c2)CC1.Cl.Cl. The molecule has 1 aliphatic heterocycles. The van der Waals surface area contributed by atoms with E-state index in [1.54, 1.807) is 11.0 Å². The van der Waals surface area contributed by atoms with Gasteiger partial charge in [0.1, 0.15) is 0 Å². The number of hydrogen-bond donors (Lipinski definition) is 1. The van der Waals surface area contributed by atoms with Crippen molar-refractivity contribution in [1.82, 2.24) is 4.90 Å². The van der Waals surface area contributed by atoms with Gasteiger partial charge in [-0.1, -0.05) is 6.07 Å². The summed E-state index contributed by atoms with van der Waals surface area (Å²) < 4.78 is 38.3. The Hall–Kier alpha value is -1.18. The van der Waals surface area contributed by atoms with Crippen LogP contribution >= 0.6 is 24.8 Å². The fraction of sp³-hybridized carbons (Fsp3) is 0.562. The fourth-order valence-electron chi connectivity index (χ4n) is 2.60. The zero-order valence-corrected chi connectivity index (χ0v) is 15.6. The first-order valence-electron chi connectivity index (χ1n) is 7.73. The molecule has 1 aromatic rings. The first-order chi connectivity index (χ1) is 10.8. The van der Waals surface area contributed by atoms with Crippen molar-refractivity contribution in [3.05, 3.63) is 29.8 Å². The van der Waals surface area contributed by atoms with Gasteiger partial charge in [0.2, 0.25) is 5.91 Å². The Morgan fingerprint density at radius 2 is 1.80 bits per heavy atom. The molecule has 25 heavy (non-hydrogen) atoms. The molecule has 2 rings (SSSR count). The summed E-state index contributed by atoms with van der Waals surface area (Å²) in [4.78, 5) is 15.7. The van der Waals surface area contributed by atoms with Gasteiger partial charge in [0, 0.05) is 44.3 Å². The van der Waals surface area contributed by atoms with Crippen molar-refractivity contribution >= 4 is 36.4 Å². The van der Waals surface area contributed by atoms with Gasteiger partial charge >= 0.3 is 6.18 Å². The number of amides is 1. The van der Waals surface area contributed by atoms with Gasteiger partial charge in [-0.3, -0.25) is 4.79 Å². The lowest BCUT2D eigenvalue weighted by atomic mass is 10.1. The normalized spacial score (nSPS) is 15.9. The topological polar surface area (TPSA) is 49.6 Å². The Morgan fingerprint density at radius 3 is 2.32 bits per heavy atom. The highest BCUT2D eigenvalue weighted by Crippen LogP contribution is 2.31. The third-order valence-corrected chi connectivity index (χ3v) is 3.98. The van der Waals surface area contributed by atoms with E-state index in [0.717, 1.165) is 12.1 Å². The molecule has 1 aliphatic rings. The van der Waals surface area contributed by atoms with E-state index < -0.39 is 11.7 Å². The number of carbonyl (C=O) groups excluding carboxylic acids is 1. The van der Waals surface area contributed by atoms with E-state index in [1.165, 1.54) is 6.07 Å². The molecule has 1 fully saturated rings. The summed E-state index contributed by atoms with van der Waals surface area (Å²) >= 11 is 0. The fourth-order valence-corrected chi connectivity index (χ4v) is 2.60. The number of hydrogen-bond acceptors (Lipinski definition) is 3. The Labute approximate surface area is 158 Å². The van der Waals surface area contributed by atoms with Crippen molar-refractivity contribution in [2.75, 3.05) is 31.1 Å². The number of carbonyl (C=O) groups is 1. The summed E-state index contributed by atoms with van der Waals surface area (Å²) in [6.45, 7) is 3.97. The van der Waals surface area contributed by atoms with Crippen LogP contribution in [0, 0.1) is 0 Å². The lowest BCUT2D eigenvalue weighted by Gasteiger charge is -2.36. The van der Waals surface area contributed by atoms with Crippen molar-refractivity contribution in [2.45, 2.75) is 32.0 Å². The van der Waals surface area contributed by atoms with E-state index in [0.29, 0.717) is 44.7 Å². The molecular formula is C16H24Cl2F3N3O. The van der Waals surface area contributed by atoms with Gasteiger partial charge in [-0.2, -0.15) is 13.2 Å². The predicted octanol–water partition coefficient (Wildman–Crippen LogP) is 3.33. The molecule has 1 heterocycles. The molecule has 1 unspecified atom stereocenters. The minimum atomic E-state index is -4.34. The second-order valence-electron chi connectivity index (χ2n) is 5.93. The molecule has 1 saturated heterocycles. The van der Waals surface area contributed by atoms with Crippen molar-refractivity contribution in [2.24, 2.45) is 5.73 Å². The molecular weight excluding hydrogens is 378 g/mol. The van der Waals surface area contributed by atoms with Crippen LogP contribution in [0.5, 0.6) is 0 Å². The van der Waals surface area contributed by atoms with E-state index in [-0.39, 0.29) is 36.8 Å². The number of anilines is 1. The molecule has 1 amide bonds. The largest absolute Gasteiger partial charge is 0.416 e. The molecule has 0 aromatic heterocycles. The van der Waals surface area contributed by atoms with Crippen LogP contribution in [0.25, 0.3) is 0 Å². The third kappa shape index (κ3) is 6.92. The van der Waals surface area contributed by atoms with Crippen molar-refractivity contribution in [1.29, 1.82) is 0 Å². The quantitative estimate of drug-likeness (QED) is 0.841. The molecule has 2 N–H and O–H groups in total. The molecule has 0 aliphatic carbocycles. The molecule has 0 bridgehead atoms. The standard InChI is InChI=1S/C16H22F3N3O.2ClH/c1-12(20)5-6-15(23)22-9-7-21(8-10-22)14-4-2-3-13(11-14)16(17,18)19;;/h2-4,11-12H,5-10,20H2,1H3;2*1H. The average molecular weight is 402 g/mol. The Kier molecular flexibility index (Phi) is 9.61. The summed E-state index contributed by atoms with van der Waals surface area (Å²) in [5, 5.41) is 0. The zero-order valence-electron chi connectivity index (χ0n) is 14.0. The zero-order chi connectivity index (χ0) is 17.0. The Balaban J connectivity index is 0.00000288. The highest BCUT2D eigenvalue weighted by Gasteiger charge is 2.31. The minimum absolute atomic E-state index is 0. The first kappa shape index (κ1) is 23.8. The van der Waals surface area contributed by atoms with E-state index in [4.69, 9.17) is 5.73 Å². The first-order valence-corrected chi connectivity index (χ1v) is 7.73. The van der Waals surface area contributed by atoms with Crippen LogP contribution in [0.4, 0.5) is 18.9 Å². The minimum Gasteiger partial charge on any atom is -0.368 e. The Bertz CT molecular complexity index is 548. The molecule has 0 spiro atoms. The third-order valence-electron chi connectivity index (χ3n) is 3.98. The molecule has 0 saturated carbocycles. The second-order valence-corrected chi connectivity index (χ2v) is 5.93. The maximum atomic E-state index is 12.8. The molecule has 1 atom stereocenters. The molecule has 0 radical (unpaired) electrons. The van der Waals surface area contributed by atoms with Crippen LogP contribution in [-0.2, 0) is 11.0 Å². The van der Waals surface area contributed by atoms with E-state index in [1.807, 2.05) is 11.8 Å². The molecule has 9 heteroatoms. The second kappa shape index (κ2) is 10.1. The van der Waals surface area contributed by atoms with Gasteiger partial charge < -0.3 is 15.5 Å². The number of piperazine rings is 1. The van der Waals surface area contributed by atoms with Crippen LogP contribution < -0.4 is 10.6 Å². The average Bonchev–Trinajstić information content (AvgIpc) is 2.52. The monoisotopic (exact) mass is 401 g/mol. The summed E-state index contributed by atoms with van der Waals surface area (Å²) in [6.07, 6.45) is -3.28. The summed E-state index contributed by atoms with van der Waals surface area (Å²) in [5.74, 6) is 0.0611. The van der Waals surface area contributed by atoms with Crippen molar-refractivity contribution in [3.63, 3.8) is 0 Å². The predicted molar refractivity (Wildman–Crippen MR) is 97.6 cm³/mol. The van der Waals surface area contributed by atoms with Crippen molar-refractivity contribution < 1.29 is 18.0 Å². The summed E-state index contributed by atoms with van der Waals surface area (Å²) in [6, 6.07) is 5.30. The number of benzene rings is 1. The van der Waals surface area contributed by atoms with Crippen LogP contribution in [0.3, 0.4) is 0 Å². The number of rotatable bonds is 4. The number of nitrogens with two attached hydrogens (primary N) is 1. The number of alkyl halides is 3. The van der Waals surface area contributed by atoms with Crippen molar-refractivity contribution in [3.8, 4) is 0 Å². The van der Waals surface area contributed by atoms with Gasteiger partial charge in [-0.05, 0) is 31.5 Å². The van der Waals surface area contributed by atoms with Crippen LogP contribution in [0.1, 0.15) is 25.3 Å². The van der Waals surface area contributed by atoms with Gasteiger partial charge in [0.25, 0.3) is 0 Å². The van der Waals surface area contributed by atoms with Crippen LogP contribution in [-0.4, -0.2) is 43.0 Å². The van der Waals surface area contributed by atoms with Gasteiger partial charge in [-0.15, -0.1) is 24.8 Å². The smallest absolute Gasteiger partial charge is 0.368 e. The maximum absolute atomic E-state index is 12.8. The Morgan fingerprint density at radius 1 is 1.20 bits per heavy atom. The highest BCUT2D eigenvalue weighted by atomic mass is 35.5. The maximum Gasteiger partial charge on any atom is 0.416 e. The van der Waals surface area contributed by atoms with Gasteiger partial charge in [-0.25, -0.2) is 0 Å². The van der Waals surface area contributed by atoms with Crippen LogP contribution in [0.2, 0.25) is 0 Å². The van der Waals surface area contributed by atoms with Gasteiger partial charge in [0.05, 0.1) is 5.56 Å². The van der Waals surface area contributed by atoms with Crippen LogP contribution in [0.15, 0.2) is 24.3 Å². The molecule has 144 valence electrons. The summed E-state index contributed by atoms with van der Waals surface area (Å²) in [5.41, 5.74) is 5.54. The highest BCUT2D eigenvalue weighted by molar-refractivity contribution is 5.85. The lowest BCUT2D eigenvalue weighted by Crippen LogP contribution is -2.49.